The van der Waals surface area contributed by atoms with Crippen LogP contribution in [0.4, 0.5) is 5.95 Å². The van der Waals surface area contributed by atoms with E-state index in [1.54, 1.807) is 6.33 Å². The molecule has 0 aliphatic heterocycles. The molecule has 0 spiro atoms. The summed E-state index contributed by atoms with van der Waals surface area (Å²) in [5.74, 6) is 0.178. The molecule has 0 atom stereocenters. The van der Waals surface area contributed by atoms with Gasteiger partial charge in [0.2, 0.25) is 5.95 Å². The van der Waals surface area contributed by atoms with Gasteiger partial charge in [0.05, 0.1) is 6.33 Å². The van der Waals surface area contributed by atoms with Crippen LogP contribution in [0.3, 0.4) is 0 Å². The Hall–Kier alpha value is -1.62. The van der Waals surface area contributed by atoms with Crippen molar-refractivity contribution in [1.82, 2.24) is 19.5 Å². The van der Waals surface area contributed by atoms with Crippen LogP contribution in [0.25, 0.3) is 11.2 Å². The van der Waals surface area contributed by atoms with E-state index in [-0.39, 0.29) is 5.95 Å². The minimum Gasteiger partial charge on any atom is -0.368 e. The lowest BCUT2D eigenvalue weighted by Gasteiger charge is -2.29. The Morgan fingerprint density at radius 1 is 1.44 bits per heavy atom. The molecule has 6 heteroatoms. The number of anilines is 1. The monoisotopic (exact) mass is 235 g/mol. The van der Waals surface area contributed by atoms with Crippen LogP contribution in [0.5, 0.6) is 0 Å². The molecule has 0 radical (unpaired) electrons. The third kappa shape index (κ3) is 1.28. The molecule has 3 rings (SSSR count). The third-order valence-corrected chi connectivity index (χ3v) is 3.10. The Morgan fingerprint density at radius 3 is 2.88 bits per heavy atom. The molecule has 0 bridgehead atoms. The highest BCUT2D eigenvalue weighted by molar-refractivity contribution is 6.33. The first kappa shape index (κ1) is 9.59. The van der Waals surface area contributed by atoms with Crippen molar-refractivity contribution in [3.05, 3.63) is 23.6 Å². The second kappa shape index (κ2) is 3.18. The van der Waals surface area contributed by atoms with Crippen LogP contribution < -0.4 is 5.73 Å². The minimum atomic E-state index is 0.178. The second-order valence-corrected chi connectivity index (χ2v) is 4.37. The zero-order chi connectivity index (χ0) is 11.3. The van der Waals surface area contributed by atoms with Crippen molar-refractivity contribution in [2.24, 2.45) is 0 Å². The molecule has 2 N–H and O–H groups in total. The van der Waals surface area contributed by atoms with Gasteiger partial charge in [-0.25, -0.2) is 4.98 Å². The van der Waals surface area contributed by atoms with E-state index >= 15 is 0 Å². The van der Waals surface area contributed by atoms with Gasteiger partial charge in [0.15, 0.2) is 10.8 Å². The minimum absolute atomic E-state index is 0.178. The summed E-state index contributed by atoms with van der Waals surface area (Å²) in [7, 11) is 0. The van der Waals surface area contributed by atoms with E-state index in [9.17, 15) is 0 Å². The molecular formula is C10H10ClN5. The fraction of sp³-hybridized carbons (Fsp3) is 0.300. The molecule has 0 amide bonds. The largest absolute Gasteiger partial charge is 0.368 e. The first-order valence-corrected chi connectivity index (χ1v) is 5.35. The van der Waals surface area contributed by atoms with Gasteiger partial charge in [0.1, 0.15) is 5.52 Å². The maximum atomic E-state index is 5.95. The molecule has 5 nitrogen and oxygen atoms in total. The Morgan fingerprint density at radius 2 is 2.19 bits per heavy atom. The van der Waals surface area contributed by atoms with Gasteiger partial charge in [0.25, 0.3) is 0 Å². The predicted molar refractivity (Wildman–Crippen MR) is 62.2 cm³/mol. The van der Waals surface area contributed by atoms with Gasteiger partial charge in [-0.3, -0.25) is 0 Å². The predicted octanol–water partition coefficient (Wildman–Crippen LogP) is 1.95. The number of hydrogen-bond acceptors (Lipinski definition) is 4. The summed E-state index contributed by atoms with van der Waals surface area (Å²) >= 11 is 5.95. The van der Waals surface area contributed by atoms with Gasteiger partial charge in [-0.2, -0.15) is 9.97 Å². The lowest BCUT2D eigenvalue weighted by atomic mass is 9.88. The zero-order valence-electron chi connectivity index (χ0n) is 8.52. The lowest BCUT2D eigenvalue weighted by molar-refractivity contribution is 0.415. The summed E-state index contributed by atoms with van der Waals surface area (Å²) in [5.41, 5.74) is 8.13. The number of nitrogens with two attached hydrogens (primary N) is 1. The molecule has 1 aliphatic carbocycles. The SMILES string of the molecule is C=C1CC(n2cnc3c(Cl)nc(N)nc32)C1. The van der Waals surface area contributed by atoms with E-state index in [4.69, 9.17) is 17.3 Å². The number of rotatable bonds is 1. The molecule has 2 heterocycles. The molecule has 0 aromatic carbocycles. The van der Waals surface area contributed by atoms with E-state index in [1.165, 1.54) is 5.57 Å². The van der Waals surface area contributed by atoms with Gasteiger partial charge in [-0.15, -0.1) is 0 Å². The molecular weight excluding hydrogens is 226 g/mol. The van der Waals surface area contributed by atoms with Crippen LogP contribution >= 0.6 is 11.6 Å². The summed E-state index contributed by atoms with van der Waals surface area (Å²) in [5, 5.41) is 0.305. The number of hydrogen-bond donors (Lipinski definition) is 1. The van der Waals surface area contributed by atoms with Crippen LogP contribution in [-0.4, -0.2) is 19.5 Å². The summed E-state index contributed by atoms with van der Waals surface area (Å²) in [6, 6.07) is 0.378. The Kier molecular flexibility index (Phi) is 1.91. The number of nitrogens with zero attached hydrogens (tertiary/aromatic N) is 4. The van der Waals surface area contributed by atoms with Crippen molar-refractivity contribution in [2.75, 3.05) is 5.73 Å². The summed E-state index contributed by atoms with van der Waals surface area (Å²) in [6.45, 7) is 3.92. The molecule has 1 fully saturated rings. The van der Waals surface area contributed by atoms with Crippen molar-refractivity contribution in [2.45, 2.75) is 18.9 Å². The number of imidazole rings is 1. The van der Waals surface area contributed by atoms with Crippen molar-refractivity contribution in [1.29, 1.82) is 0 Å². The maximum absolute atomic E-state index is 5.95. The fourth-order valence-electron chi connectivity index (χ4n) is 1.97. The van der Waals surface area contributed by atoms with E-state index < -0.39 is 0 Å². The van der Waals surface area contributed by atoms with E-state index in [2.05, 4.69) is 21.5 Å². The zero-order valence-corrected chi connectivity index (χ0v) is 9.28. The molecule has 2 aromatic rings. The van der Waals surface area contributed by atoms with Crippen LogP contribution in [0, 0.1) is 0 Å². The number of allylic oxidation sites excluding steroid dienone is 1. The van der Waals surface area contributed by atoms with Gasteiger partial charge >= 0.3 is 0 Å². The normalized spacial score (nSPS) is 16.7. The fourth-order valence-corrected chi connectivity index (χ4v) is 2.19. The highest BCUT2D eigenvalue weighted by Crippen LogP contribution is 2.37. The quantitative estimate of drug-likeness (QED) is 0.606. The Balaban J connectivity index is 2.16. The number of nitrogen functional groups attached to an aromatic ring is 1. The standard InChI is InChI=1S/C10H10ClN5/c1-5-2-6(3-5)16-4-13-7-8(11)14-10(12)15-9(7)16/h4,6H,1-3H2,(H2,12,14,15). The number of aromatic nitrogens is 4. The molecule has 16 heavy (non-hydrogen) atoms. The van der Waals surface area contributed by atoms with Crippen molar-refractivity contribution in [3.8, 4) is 0 Å². The third-order valence-electron chi connectivity index (χ3n) is 2.84. The molecule has 2 aromatic heterocycles. The molecule has 0 unspecified atom stereocenters. The van der Waals surface area contributed by atoms with Gasteiger partial charge in [-0.1, -0.05) is 23.8 Å². The average Bonchev–Trinajstić information content (AvgIpc) is 2.56. The highest BCUT2D eigenvalue weighted by Gasteiger charge is 2.25. The first-order valence-electron chi connectivity index (χ1n) is 4.97. The molecule has 1 aliphatic rings. The van der Waals surface area contributed by atoms with Crippen molar-refractivity contribution < 1.29 is 0 Å². The van der Waals surface area contributed by atoms with Crippen molar-refractivity contribution >= 4 is 28.7 Å². The van der Waals surface area contributed by atoms with E-state index in [1.807, 2.05) is 4.57 Å². The topological polar surface area (TPSA) is 69.6 Å². The highest BCUT2D eigenvalue weighted by atomic mass is 35.5. The van der Waals surface area contributed by atoms with Gasteiger partial charge in [0, 0.05) is 6.04 Å². The van der Waals surface area contributed by atoms with E-state index in [0.717, 1.165) is 12.8 Å². The Bertz CT molecular complexity index is 580. The van der Waals surface area contributed by atoms with Crippen LogP contribution in [0.2, 0.25) is 5.15 Å². The summed E-state index contributed by atoms with van der Waals surface area (Å²) < 4.78 is 1.99. The van der Waals surface area contributed by atoms with Gasteiger partial charge in [-0.05, 0) is 12.8 Å². The van der Waals surface area contributed by atoms with Crippen LogP contribution in [-0.2, 0) is 0 Å². The molecule has 1 saturated carbocycles. The average molecular weight is 236 g/mol. The Labute approximate surface area is 97.0 Å². The summed E-state index contributed by atoms with van der Waals surface area (Å²) in [6.07, 6.45) is 3.67. The van der Waals surface area contributed by atoms with Crippen LogP contribution in [0.1, 0.15) is 18.9 Å². The van der Waals surface area contributed by atoms with Gasteiger partial charge < -0.3 is 10.3 Å². The van der Waals surface area contributed by atoms with Crippen molar-refractivity contribution in [3.63, 3.8) is 0 Å². The number of fused-ring (bicyclic) bond motifs is 1. The smallest absolute Gasteiger partial charge is 0.223 e. The molecule has 0 saturated heterocycles. The maximum Gasteiger partial charge on any atom is 0.223 e. The second-order valence-electron chi connectivity index (χ2n) is 4.01. The molecule has 82 valence electrons. The number of halogens is 1. The first-order chi connectivity index (χ1) is 7.65. The summed E-state index contributed by atoms with van der Waals surface area (Å²) in [4.78, 5) is 12.3. The lowest BCUT2D eigenvalue weighted by Crippen LogP contribution is -2.18. The van der Waals surface area contributed by atoms with E-state index in [0.29, 0.717) is 22.4 Å². The van der Waals surface area contributed by atoms with Crippen LogP contribution in [0.15, 0.2) is 18.5 Å².